The van der Waals surface area contributed by atoms with Crippen LogP contribution in [0.5, 0.6) is 0 Å². The van der Waals surface area contributed by atoms with Gasteiger partial charge in [0.25, 0.3) is 0 Å². The summed E-state index contributed by atoms with van der Waals surface area (Å²) in [5.74, 6) is 0.509. The molecule has 0 spiro atoms. The molecular weight excluding hydrogens is 441 g/mol. The first kappa shape index (κ1) is 23.0. The molecule has 0 aromatic heterocycles. The van der Waals surface area contributed by atoms with Crippen LogP contribution in [0, 0.1) is 11.7 Å². The van der Waals surface area contributed by atoms with Gasteiger partial charge in [-0.25, -0.2) is 4.39 Å². The Hall–Kier alpha value is -2.47. The van der Waals surface area contributed by atoms with Crippen molar-refractivity contribution in [3.63, 3.8) is 0 Å². The molecular formula is C30H36FNO3. The summed E-state index contributed by atoms with van der Waals surface area (Å²) in [6.45, 7) is 1.93. The lowest BCUT2D eigenvalue weighted by atomic mass is 9.67. The monoisotopic (exact) mass is 478 g/mol. The number of aliphatic hydroxyl groups is 1. The van der Waals surface area contributed by atoms with E-state index in [1.165, 1.54) is 16.8 Å². The van der Waals surface area contributed by atoms with Gasteiger partial charge in [-0.3, -0.25) is 0 Å². The van der Waals surface area contributed by atoms with E-state index in [9.17, 15) is 9.50 Å². The van der Waals surface area contributed by atoms with Gasteiger partial charge in [0.15, 0.2) is 6.29 Å². The molecule has 4 nitrogen and oxygen atoms in total. The quantitative estimate of drug-likeness (QED) is 0.522. The number of ether oxygens (including phenoxy) is 2. The number of allylic oxidation sites excluding steroid dienone is 2. The smallest absolute Gasteiger partial charge is 0.159 e. The molecule has 1 heterocycles. The molecule has 0 amide bonds. The number of piperidine rings is 1. The summed E-state index contributed by atoms with van der Waals surface area (Å²) in [5.41, 5.74) is 5.92. The summed E-state index contributed by atoms with van der Waals surface area (Å²) in [4.78, 5) is 2.42. The molecule has 3 unspecified atom stereocenters. The Balaban J connectivity index is 1.40. The van der Waals surface area contributed by atoms with E-state index in [1.54, 1.807) is 32.4 Å². The highest BCUT2D eigenvalue weighted by atomic mass is 19.1. The lowest BCUT2D eigenvalue weighted by Crippen LogP contribution is -2.39. The van der Waals surface area contributed by atoms with E-state index >= 15 is 0 Å². The van der Waals surface area contributed by atoms with Crippen LogP contribution in [0.4, 0.5) is 10.1 Å². The number of halogens is 1. The van der Waals surface area contributed by atoms with Crippen LogP contribution >= 0.6 is 0 Å². The molecule has 3 aliphatic rings. The molecule has 0 saturated carbocycles. The molecule has 0 radical (unpaired) electrons. The Morgan fingerprint density at radius 1 is 0.971 bits per heavy atom. The maximum atomic E-state index is 13.7. The zero-order chi connectivity index (χ0) is 25.3. The summed E-state index contributed by atoms with van der Waals surface area (Å²) in [5, 5.41) is 10.3. The number of hydrogen-bond acceptors (Lipinski definition) is 4. The third-order valence-electron chi connectivity index (χ3n) is 8.06. The molecule has 1 fully saturated rings. The van der Waals surface area contributed by atoms with E-state index in [2.05, 4.69) is 29.2 Å². The summed E-state index contributed by atoms with van der Waals surface area (Å²) in [7, 11) is 3.41. The molecule has 2 aromatic rings. The average molecular weight is 479 g/mol. The van der Waals surface area contributed by atoms with Crippen molar-refractivity contribution in [3.8, 4) is 0 Å². The van der Waals surface area contributed by atoms with E-state index in [0.717, 1.165) is 49.9 Å². The fourth-order valence-corrected chi connectivity index (χ4v) is 6.24. The Labute approximate surface area is 209 Å². The maximum Gasteiger partial charge on any atom is 0.159 e. The Kier molecular flexibility index (Phi) is 6.99. The minimum atomic E-state index is -1.54. The standard InChI is InChI=1S/C30H36FNO3/c1-34-30(35-2)22-15-17-32(18-16-22)25-10-5-21(6-11-25)29-27(20-3-8-24(31)9-4-20)13-7-23-19-26(33)12-14-28(23)29/h3-6,8-12,14,22,26-27,29-30,33H,7,13,15-19H2,1-2H3/i26D. The minimum Gasteiger partial charge on any atom is -0.389 e. The molecule has 1 saturated heterocycles. The molecule has 1 N–H and O–H groups in total. The maximum absolute atomic E-state index is 13.7. The molecule has 5 rings (SSSR count). The van der Waals surface area contributed by atoms with Gasteiger partial charge in [0.1, 0.15) is 5.82 Å². The number of benzene rings is 2. The van der Waals surface area contributed by atoms with Crippen molar-refractivity contribution in [1.29, 1.82) is 0 Å². The SMILES string of the molecule is [2H]C1(O)C=CC2=C(CCC(c3ccc(F)cc3)C2c2ccc(N3CCC(C(OC)OC)CC3)cc2)C1. The lowest BCUT2D eigenvalue weighted by molar-refractivity contribution is -0.141. The van der Waals surface area contributed by atoms with Crippen molar-refractivity contribution >= 4 is 5.69 Å². The second kappa shape index (κ2) is 10.7. The van der Waals surface area contributed by atoms with Gasteiger partial charge < -0.3 is 19.5 Å². The van der Waals surface area contributed by atoms with Gasteiger partial charge in [0.05, 0.1) is 7.45 Å². The van der Waals surface area contributed by atoms with Crippen LogP contribution in [0.1, 0.15) is 56.4 Å². The number of nitrogens with zero attached hydrogens (tertiary/aromatic N) is 1. The van der Waals surface area contributed by atoms with Gasteiger partial charge >= 0.3 is 0 Å². The predicted molar refractivity (Wildman–Crippen MR) is 137 cm³/mol. The van der Waals surface area contributed by atoms with Crippen LogP contribution in [0.2, 0.25) is 0 Å². The fourth-order valence-electron chi connectivity index (χ4n) is 6.24. The van der Waals surface area contributed by atoms with Crippen molar-refractivity contribution < 1.29 is 20.3 Å². The van der Waals surface area contributed by atoms with Gasteiger partial charge in [-0.05, 0) is 79.0 Å². The second-order valence-electron chi connectivity index (χ2n) is 9.99. The van der Waals surface area contributed by atoms with E-state index in [-0.39, 0.29) is 23.9 Å². The van der Waals surface area contributed by atoms with E-state index in [0.29, 0.717) is 12.3 Å². The van der Waals surface area contributed by atoms with E-state index in [4.69, 9.17) is 10.8 Å². The second-order valence-corrected chi connectivity index (χ2v) is 9.99. The van der Waals surface area contributed by atoms with Gasteiger partial charge in [0, 0.05) is 44.8 Å². The topological polar surface area (TPSA) is 41.9 Å². The summed E-state index contributed by atoms with van der Waals surface area (Å²) in [6.07, 6.45) is 6.04. The van der Waals surface area contributed by atoms with Crippen molar-refractivity contribution in [2.45, 2.75) is 56.3 Å². The normalized spacial score (nSPS) is 27.8. The average Bonchev–Trinajstić information content (AvgIpc) is 2.89. The van der Waals surface area contributed by atoms with Crippen LogP contribution in [-0.4, -0.2) is 44.8 Å². The molecule has 3 atom stereocenters. The van der Waals surface area contributed by atoms with Crippen LogP contribution in [-0.2, 0) is 9.47 Å². The van der Waals surface area contributed by atoms with E-state index < -0.39 is 6.08 Å². The van der Waals surface area contributed by atoms with Crippen LogP contribution in [0.25, 0.3) is 0 Å². The highest BCUT2D eigenvalue weighted by Gasteiger charge is 2.34. The number of rotatable bonds is 6. The van der Waals surface area contributed by atoms with Gasteiger partial charge in [-0.15, -0.1) is 0 Å². The molecule has 5 heteroatoms. The summed E-state index contributed by atoms with van der Waals surface area (Å²) < 4.78 is 32.8. The first-order valence-electron chi connectivity index (χ1n) is 13.2. The van der Waals surface area contributed by atoms with Crippen molar-refractivity contribution in [2.24, 2.45) is 5.92 Å². The van der Waals surface area contributed by atoms with Gasteiger partial charge in [0.2, 0.25) is 0 Å². The van der Waals surface area contributed by atoms with Crippen molar-refractivity contribution in [2.75, 3.05) is 32.2 Å². The van der Waals surface area contributed by atoms with Crippen molar-refractivity contribution in [1.82, 2.24) is 0 Å². The summed E-state index contributed by atoms with van der Waals surface area (Å²) in [6, 6.07) is 15.8. The van der Waals surface area contributed by atoms with E-state index in [1.807, 2.05) is 18.2 Å². The van der Waals surface area contributed by atoms with Crippen LogP contribution < -0.4 is 4.90 Å². The Bertz CT molecular complexity index is 1100. The Morgan fingerprint density at radius 2 is 1.63 bits per heavy atom. The van der Waals surface area contributed by atoms with Crippen molar-refractivity contribution in [3.05, 3.63) is 88.8 Å². The molecule has 186 valence electrons. The van der Waals surface area contributed by atoms with Gasteiger partial charge in [-0.2, -0.15) is 0 Å². The first-order valence-corrected chi connectivity index (χ1v) is 12.7. The van der Waals surface area contributed by atoms with Crippen LogP contribution in [0.3, 0.4) is 0 Å². The molecule has 2 aliphatic carbocycles. The molecule has 1 aliphatic heterocycles. The third-order valence-corrected chi connectivity index (χ3v) is 8.06. The number of anilines is 1. The first-order chi connectivity index (χ1) is 17.4. The predicted octanol–water partition coefficient (Wildman–Crippen LogP) is 5.94. The molecule has 2 aromatic carbocycles. The zero-order valence-corrected chi connectivity index (χ0v) is 20.6. The minimum absolute atomic E-state index is 0.107. The van der Waals surface area contributed by atoms with Crippen LogP contribution in [0.15, 0.2) is 71.8 Å². The largest absolute Gasteiger partial charge is 0.389 e. The zero-order valence-electron chi connectivity index (χ0n) is 21.6. The summed E-state index contributed by atoms with van der Waals surface area (Å²) >= 11 is 0. The fraction of sp³-hybridized carbons (Fsp3) is 0.467. The lowest BCUT2D eigenvalue weighted by Gasteiger charge is -2.38. The molecule has 35 heavy (non-hydrogen) atoms. The Morgan fingerprint density at radius 3 is 2.29 bits per heavy atom. The number of hydrogen-bond donors (Lipinski definition) is 1. The highest BCUT2D eigenvalue weighted by Crippen LogP contribution is 2.49. The highest BCUT2D eigenvalue weighted by molar-refractivity contribution is 5.52. The van der Waals surface area contributed by atoms with Gasteiger partial charge in [-0.1, -0.05) is 42.0 Å². The molecule has 0 bridgehead atoms. The number of methoxy groups -OCH3 is 2. The third kappa shape index (κ3) is 5.09.